The first kappa shape index (κ1) is 15.9. The van der Waals surface area contributed by atoms with Crippen LogP contribution in [0.25, 0.3) is 0 Å². The van der Waals surface area contributed by atoms with Crippen LogP contribution in [0.2, 0.25) is 0 Å². The molecule has 0 saturated carbocycles. The third-order valence-corrected chi connectivity index (χ3v) is 2.87. The van der Waals surface area contributed by atoms with Crippen molar-refractivity contribution < 1.29 is 14.6 Å². The highest BCUT2D eigenvalue weighted by Gasteiger charge is 2.31. The lowest BCUT2D eigenvalue weighted by Gasteiger charge is -2.30. The predicted molar refractivity (Wildman–Crippen MR) is 75.7 cm³/mol. The van der Waals surface area contributed by atoms with Gasteiger partial charge >= 0.3 is 6.09 Å². The fourth-order valence-corrected chi connectivity index (χ4v) is 1.75. The van der Waals surface area contributed by atoms with Crippen molar-refractivity contribution in [3.63, 3.8) is 0 Å². The van der Waals surface area contributed by atoms with E-state index in [1.807, 2.05) is 0 Å². The summed E-state index contributed by atoms with van der Waals surface area (Å²) in [6.07, 6.45) is 1.01. The maximum atomic E-state index is 11.8. The highest BCUT2D eigenvalue weighted by Crippen LogP contribution is 2.22. The van der Waals surface area contributed by atoms with E-state index in [0.717, 1.165) is 4.47 Å². The monoisotopic (exact) mass is 330 g/mol. The molecule has 1 aromatic rings. The lowest BCUT2D eigenvalue weighted by atomic mass is 9.98. The normalized spacial score (nSPS) is 14.6. The minimum absolute atomic E-state index is 0.282. The summed E-state index contributed by atoms with van der Waals surface area (Å²) in [5, 5.41) is 12.2. The Morgan fingerprint density at radius 3 is 2.58 bits per heavy atom. The van der Waals surface area contributed by atoms with Gasteiger partial charge in [0, 0.05) is 10.7 Å². The number of hydrogen-bond donors (Lipinski definition) is 2. The van der Waals surface area contributed by atoms with Crippen LogP contribution >= 0.6 is 15.9 Å². The van der Waals surface area contributed by atoms with Crippen molar-refractivity contribution in [2.75, 3.05) is 6.61 Å². The van der Waals surface area contributed by atoms with Crippen LogP contribution in [-0.4, -0.2) is 28.4 Å². The zero-order valence-corrected chi connectivity index (χ0v) is 13.1. The molecule has 0 radical (unpaired) electrons. The van der Waals surface area contributed by atoms with Crippen LogP contribution in [0.3, 0.4) is 0 Å². The molecule has 0 saturated heterocycles. The van der Waals surface area contributed by atoms with Gasteiger partial charge in [-0.1, -0.05) is 15.9 Å². The molecule has 1 atom stereocenters. The molecule has 0 aliphatic rings. The van der Waals surface area contributed by atoms with Crippen molar-refractivity contribution in [2.24, 2.45) is 0 Å². The Hall–Kier alpha value is -1.14. The van der Waals surface area contributed by atoms with Crippen LogP contribution in [0, 0.1) is 0 Å². The van der Waals surface area contributed by atoms with Gasteiger partial charge in [-0.25, -0.2) is 4.79 Å². The van der Waals surface area contributed by atoms with E-state index >= 15 is 0 Å². The number of halogens is 1. The first-order valence-corrected chi connectivity index (χ1v) is 6.70. The lowest BCUT2D eigenvalue weighted by molar-refractivity contribution is 0.0407. The van der Waals surface area contributed by atoms with E-state index in [4.69, 9.17) is 4.74 Å². The van der Waals surface area contributed by atoms with Crippen molar-refractivity contribution in [3.05, 3.63) is 28.5 Å². The van der Waals surface area contributed by atoms with E-state index in [9.17, 15) is 9.90 Å². The molecule has 0 bridgehead atoms. The summed E-state index contributed by atoms with van der Waals surface area (Å²) in [5.74, 6) is 0. The minimum atomic E-state index is -0.994. The van der Waals surface area contributed by atoms with Crippen LogP contribution in [0.5, 0.6) is 0 Å². The molecule has 1 amide bonds. The fraction of sp³-hybridized carbons (Fsp3) is 0.538. The summed E-state index contributed by atoms with van der Waals surface area (Å²) < 4.78 is 6.01. The second-order valence-corrected chi connectivity index (χ2v) is 6.39. The van der Waals surface area contributed by atoms with Crippen molar-refractivity contribution >= 4 is 22.0 Å². The third-order valence-electron chi connectivity index (χ3n) is 2.38. The van der Waals surface area contributed by atoms with Gasteiger partial charge in [-0.15, -0.1) is 0 Å². The first-order valence-electron chi connectivity index (χ1n) is 5.90. The van der Waals surface area contributed by atoms with Crippen LogP contribution < -0.4 is 5.32 Å². The van der Waals surface area contributed by atoms with E-state index < -0.39 is 17.2 Å². The second-order valence-electron chi connectivity index (χ2n) is 5.48. The van der Waals surface area contributed by atoms with Gasteiger partial charge in [0.25, 0.3) is 0 Å². The topological polar surface area (TPSA) is 71.5 Å². The fourth-order valence-electron chi connectivity index (χ4n) is 1.42. The smallest absolute Gasteiger partial charge is 0.408 e. The van der Waals surface area contributed by atoms with Crippen LogP contribution in [0.15, 0.2) is 22.8 Å². The molecule has 2 N–H and O–H groups in total. The number of aliphatic hydroxyl groups is 1. The molecule has 6 heteroatoms. The number of amides is 1. The number of alkyl carbamates (subject to hydrolysis) is 1. The number of nitrogens with zero attached hydrogens (tertiary/aromatic N) is 1. The Kier molecular flexibility index (Phi) is 4.92. The molecule has 5 nitrogen and oxygen atoms in total. The van der Waals surface area contributed by atoms with Gasteiger partial charge in [-0.05, 0) is 39.8 Å². The molecule has 0 fully saturated rings. The quantitative estimate of drug-likeness (QED) is 0.893. The van der Waals surface area contributed by atoms with Crippen molar-refractivity contribution in [2.45, 2.75) is 38.8 Å². The number of carbonyl (C=O) groups is 1. The highest BCUT2D eigenvalue weighted by atomic mass is 79.9. The summed E-state index contributed by atoms with van der Waals surface area (Å²) in [4.78, 5) is 16.0. The number of rotatable bonds is 3. The zero-order valence-electron chi connectivity index (χ0n) is 11.5. The number of nitrogens with one attached hydrogen (secondary N) is 1. The zero-order chi connectivity index (χ0) is 14.7. The van der Waals surface area contributed by atoms with Crippen molar-refractivity contribution in [1.82, 2.24) is 10.3 Å². The molecule has 0 aromatic carbocycles. The standard InChI is InChI=1S/C13H19BrN2O3/c1-12(2,3)19-11(18)16-13(4,8-17)10-7-9(14)5-6-15-10/h5-7,17H,8H2,1-4H3,(H,16,18). The molecule has 1 heterocycles. The van der Waals surface area contributed by atoms with E-state index in [-0.39, 0.29) is 6.61 Å². The van der Waals surface area contributed by atoms with E-state index in [1.165, 1.54) is 0 Å². The summed E-state index contributed by atoms with van der Waals surface area (Å²) in [5.41, 5.74) is -1.03. The maximum Gasteiger partial charge on any atom is 0.408 e. The molecule has 19 heavy (non-hydrogen) atoms. The number of aromatic nitrogens is 1. The molecule has 1 aromatic heterocycles. The SMILES string of the molecule is CC(C)(C)OC(=O)NC(C)(CO)c1cc(Br)ccn1. The Bertz CT molecular complexity index is 459. The molecular weight excluding hydrogens is 312 g/mol. The van der Waals surface area contributed by atoms with Crippen molar-refractivity contribution in [3.8, 4) is 0 Å². The number of aliphatic hydroxyl groups excluding tert-OH is 1. The second kappa shape index (κ2) is 5.88. The van der Waals surface area contributed by atoms with Gasteiger partial charge in [0.15, 0.2) is 0 Å². The molecule has 1 rings (SSSR count). The third kappa shape index (κ3) is 4.80. The summed E-state index contributed by atoms with van der Waals surface area (Å²) in [6.45, 7) is 6.74. The van der Waals surface area contributed by atoms with Gasteiger partial charge < -0.3 is 15.2 Å². The molecular formula is C13H19BrN2O3. The number of ether oxygens (including phenoxy) is 1. The van der Waals surface area contributed by atoms with Crippen LogP contribution in [0.1, 0.15) is 33.4 Å². The molecule has 0 aliphatic heterocycles. The van der Waals surface area contributed by atoms with Gasteiger partial charge in [-0.2, -0.15) is 0 Å². The van der Waals surface area contributed by atoms with Gasteiger partial charge in [0.2, 0.25) is 0 Å². The van der Waals surface area contributed by atoms with E-state index in [2.05, 4.69) is 26.2 Å². The van der Waals surface area contributed by atoms with E-state index in [0.29, 0.717) is 5.69 Å². The van der Waals surface area contributed by atoms with E-state index in [1.54, 1.807) is 46.0 Å². The highest BCUT2D eigenvalue weighted by molar-refractivity contribution is 9.10. The summed E-state index contributed by atoms with van der Waals surface area (Å²) in [6, 6.07) is 3.52. The summed E-state index contributed by atoms with van der Waals surface area (Å²) in [7, 11) is 0. The first-order chi connectivity index (χ1) is 8.66. The van der Waals surface area contributed by atoms with Crippen molar-refractivity contribution in [1.29, 1.82) is 0 Å². The number of hydrogen-bond acceptors (Lipinski definition) is 4. The largest absolute Gasteiger partial charge is 0.444 e. The Morgan fingerprint density at radius 1 is 1.47 bits per heavy atom. The number of carbonyl (C=O) groups excluding carboxylic acids is 1. The number of pyridine rings is 1. The van der Waals surface area contributed by atoms with Gasteiger partial charge in [0.05, 0.1) is 12.3 Å². The molecule has 106 valence electrons. The van der Waals surface area contributed by atoms with Crippen LogP contribution in [0.4, 0.5) is 4.79 Å². The maximum absolute atomic E-state index is 11.8. The molecule has 0 aliphatic carbocycles. The predicted octanol–water partition coefficient (Wildman–Crippen LogP) is 2.58. The Labute approximate surface area is 121 Å². The average Bonchev–Trinajstić information content (AvgIpc) is 2.26. The molecule has 1 unspecified atom stereocenters. The van der Waals surface area contributed by atoms with Gasteiger partial charge in [-0.3, -0.25) is 4.98 Å². The Morgan fingerprint density at radius 2 is 2.11 bits per heavy atom. The average molecular weight is 331 g/mol. The molecule has 0 spiro atoms. The summed E-state index contributed by atoms with van der Waals surface area (Å²) >= 11 is 3.33. The van der Waals surface area contributed by atoms with Crippen LogP contribution in [-0.2, 0) is 10.3 Å². The lowest BCUT2D eigenvalue weighted by Crippen LogP contribution is -2.48. The van der Waals surface area contributed by atoms with Gasteiger partial charge in [0.1, 0.15) is 11.1 Å². The Balaban J connectivity index is 2.90. The minimum Gasteiger partial charge on any atom is -0.444 e.